The summed E-state index contributed by atoms with van der Waals surface area (Å²) in [6, 6.07) is 10.5. The number of nitrogens with one attached hydrogen (secondary N) is 1. The Bertz CT molecular complexity index is 1010. The maximum atomic E-state index is 13.5. The molecule has 0 aliphatic heterocycles. The fraction of sp³-hybridized carbons (Fsp3) is 0.111. The first-order valence-electron chi connectivity index (χ1n) is 7.68. The van der Waals surface area contributed by atoms with Gasteiger partial charge in [0.15, 0.2) is 0 Å². The van der Waals surface area contributed by atoms with E-state index in [2.05, 4.69) is 14.7 Å². The zero-order valence-electron chi connectivity index (χ0n) is 13.9. The minimum atomic E-state index is -3.95. The lowest BCUT2D eigenvalue weighted by Crippen LogP contribution is -2.24. The van der Waals surface area contributed by atoms with Crippen LogP contribution >= 0.6 is 0 Å². The summed E-state index contributed by atoms with van der Waals surface area (Å²) in [4.78, 5) is 7.99. The summed E-state index contributed by atoms with van der Waals surface area (Å²) in [5.74, 6) is -0.582. The molecular formula is C18H16FN3O3S. The van der Waals surface area contributed by atoms with Crippen molar-refractivity contribution in [2.45, 2.75) is 11.4 Å². The molecule has 0 bridgehead atoms. The summed E-state index contributed by atoms with van der Waals surface area (Å²) in [5.41, 5.74) is 2.29. The fourth-order valence-electron chi connectivity index (χ4n) is 2.38. The second-order valence-electron chi connectivity index (χ2n) is 5.40. The van der Waals surface area contributed by atoms with Crippen LogP contribution in [0.2, 0.25) is 0 Å². The van der Waals surface area contributed by atoms with Gasteiger partial charge in [0.05, 0.1) is 12.8 Å². The Morgan fingerprint density at radius 3 is 2.58 bits per heavy atom. The van der Waals surface area contributed by atoms with Crippen molar-refractivity contribution < 1.29 is 17.5 Å². The lowest BCUT2D eigenvalue weighted by molar-refractivity contribution is 0.400. The second-order valence-corrected chi connectivity index (χ2v) is 7.14. The summed E-state index contributed by atoms with van der Waals surface area (Å²) >= 11 is 0. The highest BCUT2D eigenvalue weighted by atomic mass is 32.2. The number of nitrogens with zero attached hydrogens (tertiary/aromatic N) is 2. The Hall–Kier alpha value is -2.84. The molecule has 0 amide bonds. The molecule has 0 radical (unpaired) electrons. The van der Waals surface area contributed by atoms with E-state index in [9.17, 15) is 12.8 Å². The molecule has 6 nitrogen and oxygen atoms in total. The van der Waals surface area contributed by atoms with Crippen LogP contribution in [-0.4, -0.2) is 25.5 Å². The van der Waals surface area contributed by atoms with Gasteiger partial charge in [0.25, 0.3) is 0 Å². The molecule has 1 N–H and O–H groups in total. The Morgan fingerprint density at radius 1 is 1.08 bits per heavy atom. The molecule has 26 heavy (non-hydrogen) atoms. The Balaban J connectivity index is 1.82. The van der Waals surface area contributed by atoms with E-state index in [1.807, 2.05) is 12.1 Å². The van der Waals surface area contributed by atoms with Crippen LogP contribution in [0.15, 0.2) is 66.0 Å². The van der Waals surface area contributed by atoms with Gasteiger partial charge in [-0.3, -0.25) is 9.97 Å². The number of pyridine rings is 2. The van der Waals surface area contributed by atoms with Gasteiger partial charge in [-0.15, -0.1) is 0 Å². The van der Waals surface area contributed by atoms with E-state index in [1.54, 1.807) is 30.7 Å². The SMILES string of the molecule is COc1ccc(F)cc1S(=O)(=O)NCc1ccnc(-c2ccncc2)c1. The van der Waals surface area contributed by atoms with E-state index < -0.39 is 15.8 Å². The highest BCUT2D eigenvalue weighted by molar-refractivity contribution is 7.89. The number of hydrogen-bond acceptors (Lipinski definition) is 5. The number of hydrogen-bond donors (Lipinski definition) is 1. The van der Waals surface area contributed by atoms with Gasteiger partial charge in [0.1, 0.15) is 16.5 Å². The molecule has 0 aliphatic carbocycles. The third-order valence-corrected chi connectivity index (χ3v) is 5.10. The van der Waals surface area contributed by atoms with Gasteiger partial charge < -0.3 is 4.74 Å². The second kappa shape index (κ2) is 7.59. The number of ether oxygens (including phenoxy) is 1. The Labute approximate surface area is 150 Å². The van der Waals surface area contributed by atoms with Gasteiger partial charge in [-0.1, -0.05) is 0 Å². The summed E-state index contributed by atoms with van der Waals surface area (Å²) in [7, 11) is -2.62. The van der Waals surface area contributed by atoms with Crippen LogP contribution in [0.4, 0.5) is 4.39 Å². The van der Waals surface area contributed by atoms with E-state index in [0.717, 1.165) is 17.7 Å². The molecule has 0 unspecified atom stereocenters. The lowest BCUT2D eigenvalue weighted by Gasteiger charge is -2.11. The lowest BCUT2D eigenvalue weighted by atomic mass is 10.1. The summed E-state index contributed by atoms with van der Waals surface area (Å²) in [6.45, 7) is 0.0304. The van der Waals surface area contributed by atoms with E-state index >= 15 is 0 Å². The molecule has 3 rings (SSSR count). The molecular weight excluding hydrogens is 357 g/mol. The molecule has 8 heteroatoms. The van der Waals surface area contributed by atoms with Crippen LogP contribution in [0.25, 0.3) is 11.3 Å². The van der Waals surface area contributed by atoms with E-state index in [-0.39, 0.29) is 17.2 Å². The zero-order valence-corrected chi connectivity index (χ0v) is 14.7. The molecule has 3 aromatic rings. The maximum Gasteiger partial charge on any atom is 0.244 e. The molecule has 134 valence electrons. The maximum absolute atomic E-state index is 13.5. The number of benzene rings is 1. The van der Waals surface area contributed by atoms with Gasteiger partial charge >= 0.3 is 0 Å². The van der Waals surface area contributed by atoms with Crippen molar-refractivity contribution >= 4 is 10.0 Å². The molecule has 0 spiro atoms. The molecule has 2 aromatic heterocycles. The first kappa shape index (κ1) is 18.0. The summed E-state index contributed by atoms with van der Waals surface area (Å²) < 4.78 is 45.9. The standard InChI is InChI=1S/C18H16FN3O3S/c1-25-17-3-2-15(19)11-18(17)26(23,24)22-12-13-4-9-21-16(10-13)14-5-7-20-8-6-14/h2-11,22H,12H2,1H3. The van der Waals surface area contributed by atoms with Crippen molar-refractivity contribution in [2.75, 3.05) is 7.11 Å². The monoisotopic (exact) mass is 373 g/mol. The highest BCUT2D eigenvalue weighted by Crippen LogP contribution is 2.24. The van der Waals surface area contributed by atoms with E-state index in [1.165, 1.54) is 13.2 Å². The Kier molecular flexibility index (Phi) is 5.24. The van der Waals surface area contributed by atoms with E-state index in [4.69, 9.17) is 4.74 Å². The predicted molar refractivity (Wildman–Crippen MR) is 94.4 cm³/mol. The minimum absolute atomic E-state index is 0.0304. The van der Waals surface area contributed by atoms with Crippen molar-refractivity contribution in [1.82, 2.24) is 14.7 Å². The van der Waals surface area contributed by atoms with Crippen molar-refractivity contribution in [2.24, 2.45) is 0 Å². The van der Waals surface area contributed by atoms with Crippen molar-refractivity contribution in [3.63, 3.8) is 0 Å². The van der Waals surface area contributed by atoms with Gasteiger partial charge in [-0.25, -0.2) is 17.5 Å². The Morgan fingerprint density at radius 2 is 1.85 bits per heavy atom. The fourth-order valence-corrected chi connectivity index (χ4v) is 3.58. The van der Waals surface area contributed by atoms with Gasteiger partial charge in [0.2, 0.25) is 10.0 Å². The number of rotatable bonds is 6. The van der Waals surface area contributed by atoms with Crippen molar-refractivity contribution in [3.8, 4) is 17.0 Å². The molecule has 0 fully saturated rings. The van der Waals surface area contributed by atoms with Crippen LogP contribution in [0.3, 0.4) is 0 Å². The zero-order chi connectivity index (χ0) is 18.6. The number of halogens is 1. The number of aromatic nitrogens is 2. The topological polar surface area (TPSA) is 81.2 Å². The summed E-state index contributed by atoms with van der Waals surface area (Å²) in [6.07, 6.45) is 4.91. The third kappa shape index (κ3) is 4.04. The molecule has 0 saturated heterocycles. The predicted octanol–water partition coefficient (Wildman–Crippen LogP) is 2.77. The average Bonchev–Trinajstić information content (AvgIpc) is 2.67. The van der Waals surface area contributed by atoms with Gasteiger partial charge in [-0.2, -0.15) is 0 Å². The number of sulfonamides is 1. The van der Waals surface area contributed by atoms with Gasteiger partial charge in [-0.05, 0) is 48.0 Å². The van der Waals surface area contributed by atoms with Crippen LogP contribution in [0.5, 0.6) is 5.75 Å². The van der Waals surface area contributed by atoms with Crippen molar-refractivity contribution in [1.29, 1.82) is 0 Å². The molecule has 2 heterocycles. The minimum Gasteiger partial charge on any atom is -0.495 e. The number of methoxy groups -OCH3 is 1. The average molecular weight is 373 g/mol. The van der Waals surface area contributed by atoms with Crippen LogP contribution < -0.4 is 9.46 Å². The molecule has 1 aromatic carbocycles. The quantitative estimate of drug-likeness (QED) is 0.719. The van der Waals surface area contributed by atoms with Crippen LogP contribution in [0, 0.1) is 5.82 Å². The summed E-state index contributed by atoms with van der Waals surface area (Å²) in [5, 5.41) is 0. The molecule has 0 saturated carbocycles. The van der Waals surface area contributed by atoms with Crippen molar-refractivity contribution in [3.05, 3.63) is 72.4 Å². The first-order chi connectivity index (χ1) is 12.5. The largest absolute Gasteiger partial charge is 0.495 e. The van der Waals surface area contributed by atoms with E-state index in [0.29, 0.717) is 11.3 Å². The third-order valence-electron chi connectivity index (χ3n) is 3.68. The van der Waals surface area contributed by atoms with Crippen LogP contribution in [0.1, 0.15) is 5.56 Å². The smallest absolute Gasteiger partial charge is 0.244 e. The normalized spacial score (nSPS) is 11.3. The van der Waals surface area contributed by atoms with Crippen LogP contribution in [-0.2, 0) is 16.6 Å². The molecule has 0 atom stereocenters. The molecule has 0 aliphatic rings. The first-order valence-corrected chi connectivity index (χ1v) is 9.16. The highest BCUT2D eigenvalue weighted by Gasteiger charge is 2.20. The van der Waals surface area contributed by atoms with Gasteiger partial charge in [0, 0.05) is 30.7 Å².